The van der Waals surface area contributed by atoms with Crippen LogP contribution in [0.4, 0.5) is 0 Å². The van der Waals surface area contributed by atoms with Crippen molar-refractivity contribution in [1.29, 1.82) is 0 Å². The molecule has 104 valence electrons. The normalized spacial score (nSPS) is 12.2. The number of carbonyl (C=O) groups excluding carboxylic acids is 2. The fourth-order valence-electron chi connectivity index (χ4n) is 1.51. The Morgan fingerprint density at radius 2 is 2.05 bits per heavy atom. The van der Waals surface area contributed by atoms with Crippen LogP contribution < -0.4 is 11.1 Å². The highest BCUT2D eigenvalue weighted by molar-refractivity contribution is 7.12. The van der Waals surface area contributed by atoms with E-state index in [4.69, 9.17) is 10.8 Å². The van der Waals surface area contributed by atoms with Crippen molar-refractivity contribution in [3.05, 3.63) is 21.9 Å². The lowest BCUT2D eigenvalue weighted by atomic mass is 10.0. The third-order valence-corrected chi connectivity index (χ3v) is 3.35. The summed E-state index contributed by atoms with van der Waals surface area (Å²) in [5.41, 5.74) is 5.33. The first-order chi connectivity index (χ1) is 8.81. The van der Waals surface area contributed by atoms with Crippen LogP contribution in [0.2, 0.25) is 0 Å². The van der Waals surface area contributed by atoms with Crippen LogP contribution in [0.15, 0.2) is 11.4 Å². The topological polar surface area (TPSA) is 109 Å². The number of hydrogen-bond donors (Lipinski definition) is 3. The van der Waals surface area contributed by atoms with E-state index in [2.05, 4.69) is 5.32 Å². The van der Waals surface area contributed by atoms with E-state index in [1.54, 1.807) is 0 Å². The summed E-state index contributed by atoms with van der Waals surface area (Å²) in [6, 6.07) is 0.419. The summed E-state index contributed by atoms with van der Waals surface area (Å²) in [4.78, 5) is 34.1. The molecule has 0 radical (unpaired) electrons. The number of carbonyl (C=O) groups is 3. The van der Waals surface area contributed by atoms with E-state index < -0.39 is 23.8 Å². The first-order valence-electron chi connectivity index (χ1n) is 5.73. The number of aliphatic carboxylic acids is 1. The van der Waals surface area contributed by atoms with Crippen LogP contribution in [0.1, 0.15) is 40.3 Å². The second kappa shape index (κ2) is 6.33. The zero-order valence-electron chi connectivity index (χ0n) is 10.7. The quantitative estimate of drug-likeness (QED) is 0.726. The van der Waals surface area contributed by atoms with Crippen LogP contribution in [-0.4, -0.2) is 28.9 Å². The number of hydrogen-bond acceptors (Lipinski definition) is 4. The molecule has 0 unspecified atom stereocenters. The first kappa shape index (κ1) is 15.2. The van der Waals surface area contributed by atoms with Crippen LogP contribution >= 0.6 is 11.3 Å². The second-order valence-corrected chi connectivity index (χ2v) is 5.47. The molecule has 0 saturated heterocycles. The lowest BCUT2D eigenvalue weighted by Gasteiger charge is -2.15. The molecule has 0 spiro atoms. The Hall–Kier alpha value is -1.89. The van der Waals surface area contributed by atoms with Crippen molar-refractivity contribution in [2.45, 2.75) is 26.3 Å². The van der Waals surface area contributed by atoms with Gasteiger partial charge in [-0.3, -0.25) is 9.59 Å². The van der Waals surface area contributed by atoms with E-state index in [9.17, 15) is 14.4 Å². The van der Waals surface area contributed by atoms with E-state index in [1.165, 1.54) is 11.4 Å². The number of amides is 2. The van der Waals surface area contributed by atoms with Gasteiger partial charge < -0.3 is 16.2 Å². The van der Waals surface area contributed by atoms with E-state index in [0.717, 1.165) is 11.3 Å². The number of nitrogens with two attached hydrogens (primary N) is 1. The maximum absolute atomic E-state index is 11.9. The molecule has 1 aromatic rings. The molecule has 0 aromatic carbocycles. The molecular formula is C12H16N2O4S. The summed E-state index contributed by atoms with van der Waals surface area (Å²) in [7, 11) is 0. The van der Waals surface area contributed by atoms with E-state index in [1.807, 2.05) is 13.8 Å². The third kappa shape index (κ3) is 4.36. The standard InChI is InChI=1S/C12H16N2O4S/c1-6(2)3-8(12(17)18)14-11(16)9-4-7(5-19-9)10(13)15/h4-6,8H,3H2,1-2H3,(H2,13,15)(H,14,16)(H,17,18)/t8-/m1/s1. The van der Waals surface area contributed by atoms with Crippen molar-refractivity contribution >= 4 is 29.1 Å². The predicted molar refractivity (Wildman–Crippen MR) is 71.2 cm³/mol. The van der Waals surface area contributed by atoms with Gasteiger partial charge in [-0.15, -0.1) is 11.3 Å². The summed E-state index contributed by atoms with van der Waals surface area (Å²) in [5, 5.41) is 12.9. The van der Waals surface area contributed by atoms with Crippen LogP contribution in [0.25, 0.3) is 0 Å². The minimum Gasteiger partial charge on any atom is -0.480 e. The number of primary amides is 1. The van der Waals surface area contributed by atoms with E-state index in [0.29, 0.717) is 6.42 Å². The van der Waals surface area contributed by atoms with E-state index >= 15 is 0 Å². The number of thiophene rings is 1. The smallest absolute Gasteiger partial charge is 0.326 e. The van der Waals surface area contributed by atoms with Crippen LogP contribution in [0.3, 0.4) is 0 Å². The zero-order valence-corrected chi connectivity index (χ0v) is 11.5. The van der Waals surface area contributed by atoms with Gasteiger partial charge >= 0.3 is 5.97 Å². The van der Waals surface area contributed by atoms with Crippen molar-refractivity contribution in [2.24, 2.45) is 11.7 Å². The van der Waals surface area contributed by atoms with Crippen molar-refractivity contribution in [2.75, 3.05) is 0 Å². The summed E-state index contributed by atoms with van der Waals surface area (Å²) in [5.74, 6) is -2.06. The highest BCUT2D eigenvalue weighted by atomic mass is 32.1. The first-order valence-corrected chi connectivity index (χ1v) is 6.61. The highest BCUT2D eigenvalue weighted by Crippen LogP contribution is 2.15. The van der Waals surface area contributed by atoms with Gasteiger partial charge in [0.25, 0.3) is 5.91 Å². The minimum atomic E-state index is -1.08. The molecule has 0 saturated carbocycles. The van der Waals surface area contributed by atoms with Gasteiger partial charge in [0.05, 0.1) is 10.4 Å². The zero-order chi connectivity index (χ0) is 14.6. The Labute approximate surface area is 114 Å². The molecule has 0 aliphatic heterocycles. The maximum atomic E-state index is 11.9. The third-order valence-electron chi connectivity index (χ3n) is 2.42. The lowest BCUT2D eigenvalue weighted by molar-refractivity contribution is -0.139. The molecule has 7 heteroatoms. The van der Waals surface area contributed by atoms with Crippen LogP contribution in [0, 0.1) is 5.92 Å². The largest absolute Gasteiger partial charge is 0.480 e. The molecule has 0 bridgehead atoms. The Balaban J connectivity index is 2.75. The fourth-order valence-corrected chi connectivity index (χ4v) is 2.31. The van der Waals surface area contributed by atoms with Crippen molar-refractivity contribution in [1.82, 2.24) is 5.32 Å². The Kier molecular flexibility index (Phi) is 5.05. The summed E-state index contributed by atoms with van der Waals surface area (Å²) >= 11 is 1.05. The monoisotopic (exact) mass is 284 g/mol. The molecule has 1 rings (SSSR count). The Bertz CT molecular complexity index is 496. The molecule has 6 nitrogen and oxygen atoms in total. The van der Waals surface area contributed by atoms with Gasteiger partial charge in [-0.1, -0.05) is 13.8 Å². The van der Waals surface area contributed by atoms with Gasteiger partial charge in [-0.05, 0) is 18.4 Å². The van der Waals surface area contributed by atoms with E-state index in [-0.39, 0.29) is 16.4 Å². The number of rotatable bonds is 6. The molecule has 0 aliphatic carbocycles. The average molecular weight is 284 g/mol. The van der Waals surface area contributed by atoms with Crippen LogP contribution in [0.5, 0.6) is 0 Å². The maximum Gasteiger partial charge on any atom is 0.326 e. The molecular weight excluding hydrogens is 268 g/mol. The van der Waals surface area contributed by atoms with Gasteiger partial charge in [0.1, 0.15) is 6.04 Å². The molecule has 2 amide bonds. The Morgan fingerprint density at radius 1 is 1.42 bits per heavy atom. The van der Waals surface area contributed by atoms with Crippen molar-refractivity contribution in [3.8, 4) is 0 Å². The lowest BCUT2D eigenvalue weighted by Crippen LogP contribution is -2.41. The fraction of sp³-hybridized carbons (Fsp3) is 0.417. The molecule has 19 heavy (non-hydrogen) atoms. The highest BCUT2D eigenvalue weighted by Gasteiger charge is 2.22. The van der Waals surface area contributed by atoms with Gasteiger partial charge in [0, 0.05) is 5.38 Å². The number of carboxylic acid groups (broad SMARTS) is 1. The predicted octanol–water partition coefficient (Wildman–Crippen LogP) is 1.08. The minimum absolute atomic E-state index is 0.144. The average Bonchev–Trinajstić information content (AvgIpc) is 2.76. The molecule has 4 N–H and O–H groups in total. The molecule has 0 fully saturated rings. The second-order valence-electron chi connectivity index (χ2n) is 4.56. The van der Waals surface area contributed by atoms with Gasteiger partial charge in [0.15, 0.2) is 0 Å². The molecule has 1 atom stereocenters. The number of carboxylic acids is 1. The summed E-state index contributed by atoms with van der Waals surface area (Å²) in [6.07, 6.45) is 0.342. The van der Waals surface area contributed by atoms with Crippen LogP contribution in [-0.2, 0) is 4.79 Å². The van der Waals surface area contributed by atoms with Gasteiger partial charge in [0.2, 0.25) is 5.91 Å². The number of nitrogens with one attached hydrogen (secondary N) is 1. The SMILES string of the molecule is CC(C)C[C@@H](NC(=O)c1cc(C(N)=O)cs1)C(=O)O. The summed E-state index contributed by atoms with van der Waals surface area (Å²) in [6.45, 7) is 3.75. The van der Waals surface area contributed by atoms with Crippen molar-refractivity contribution in [3.63, 3.8) is 0 Å². The van der Waals surface area contributed by atoms with Crippen molar-refractivity contribution < 1.29 is 19.5 Å². The van der Waals surface area contributed by atoms with Gasteiger partial charge in [-0.25, -0.2) is 4.79 Å². The molecule has 1 heterocycles. The summed E-state index contributed by atoms with van der Waals surface area (Å²) < 4.78 is 0. The molecule has 1 aromatic heterocycles. The Morgan fingerprint density at radius 3 is 2.47 bits per heavy atom. The van der Waals surface area contributed by atoms with Gasteiger partial charge in [-0.2, -0.15) is 0 Å². The molecule has 0 aliphatic rings.